The molecule has 10 nitrogen and oxygen atoms in total. The number of amides is 2. The molecule has 2 amide bonds. The molecule has 0 radical (unpaired) electrons. The lowest BCUT2D eigenvalue weighted by molar-refractivity contribution is 0.0579. The maximum absolute atomic E-state index is 12.1. The van der Waals surface area contributed by atoms with E-state index >= 15 is 0 Å². The van der Waals surface area contributed by atoms with Gasteiger partial charge in [-0.3, -0.25) is 19.8 Å². The molecular formula is C29H37IN6O4S2. The number of ether oxygens (including phenoxy) is 2. The summed E-state index contributed by atoms with van der Waals surface area (Å²) >= 11 is 4.99. The summed E-state index contributed by atoms with van der Waals surface area (Å²) < 4.78 is 11.5. The smallest absolute Gasteiger partial charge is 0.415 e. The lowest BCUT2D eigenvalue weighted by Crippen LogP contribution is -2.34. The summed E-state index contributed by atoms with van der Waals surface area (Å²) in [4.78, 5) is 44.0. The third-order valence-electron chi connectivity index (χ3n) is 4.85. The molecule has 13 heteroatoms. The van der Waals surface area contributed by atoms with Crippen molar-refractivity contribution in [1.82, 2.24) is 19.9 Å². The van der Waals surface area contributed by atoms with Crippen LogP contribution in [-0.2, 0) is 9.47 Å². The molecule has 0 fully saturated rings. The molecule has 4 rings (SSSR count). The monoisotopic (exact) mass is 724 g/mol. The largest absolute Gasteiger partial charge is 0.443 e. The third kappa shape index (κ3) is 10.3. The molecule has 0 N–H and O–H groups in total. The van der Waals surface area contributed by atoms with E-state index < -0.39 is 11.2 Å². The van der Waals surface area contributed by atoms with E-state index in [2.05, 4.69) is 42.5 Å². The van der Waals surface area contributed by atoms with Gasteiger partial charge in [-0.15, -0.1) is 0 Å². The van der Waals surface area contributed by atoms with Gasteiger partial charge in [0.2, 0.25) is 0 Å². The number of hydrogen-bond donors (Lipinski definition) is 0. The molecule has 0 aliphatic heterocycles. The van der Waals surface area contributed by atoms with Crippen molar-refractivity contribution in [3.63, 3.8) is 0 Å². The number of thiazole rings is 2. The van der Waals surface area contributed by atoms with Crippen molar-refractivity contribution in [3.05, 3.63) is 59.0 Å². The molecule has 0 saturated carbocycles. The molecule has 0 spiro atoms. The molecule has 226 valence electrons. The molecule has 0 aromatic carbocycles. The van der Waals surface area contributed by atoms with Crippen LogP contribution >= 0.6 is 45.3 Å². The van der Waals surface area contributed by atoms with Gasteiger partial charge in [0.15, 0.2) is 0 Å². The summed E-state index contributed by atoms with van der Waals surface area (Å²) in [6.45, 7) is 11.1. The van der Waals surface area contributed by atoms with Crippen molar-refractivity contribution in [1.29, 1.82) is 0 Å². The van der Waals surface area contributed by atoms with Gasteiger partial charge >= 0.3 is 12.2 Å². The minimum absolute atomic E-state index is 0. The van der Waals surface area contributed by atoms with Gasteiger partial charge in [0.25, 0.3) is 0 Å². The number of hydrogen-bond acceptors (Lipinski definition) is 10. The number of nitrogens with zero attached hydrogens (tertiary/aromatic N) is 6. The molecule has 4 heterocycles. The fourth-order valence-electron chi connectivity index (χ4n) is 2.99. The number of carbonyl (C=O) groups is 2. The van der Waals surface area contributed by atoms with Crippen molar-refractivity contribution < 1.29 is 19.1 Å². The molecule has 0 aliphatic carbocycles. The number of carbonyl (C=O) groups excluding carboxylic acids is 2. The summed E-state index contributed by atoms with van der Waals surface area (Å²) in [5.74, 6) is 0. The van der Waals surface area contributed by atoms with Crippen molar-refractivity contribution >= 4 is 67.5 Å². The molecule has 0 bridgehead atoms. The van der Waals surface area contributed by atoms with Crippen LogP contribution in [0.3, 0.4) is 0 Å². The van der Waals surface area contributed by atoms with Crippen molar-refractivity contribution in [2.75, 3.05) is 23.9 Å². The van der Waals surface area contributed by atoms with E-state index in [0.29, 0.717) is 0 Å². The Balaban J connectivity index is 0.000000287. The van der Waals surface area contributed by atoms with Crippen LogP contribution in [0.2, 0.25) is 0 Å². The summed E-state index contributed by atoms with van der Waals surface area (Å²) in [6.07, 6.45) is 7.82. The maximum atomic E-state index is 12.1. The Morgan fingerprint density at radius 2 is 1.29 bits per heavy atom. The van der Waals surface area contributed by atoms with Gasteiger partial charge in [-0.05, 0) is 88.4 Å². The Kier molecular flexibility index (Phi) is 12.4. The average molecular weight is 725 g/mol. The van der Waals surface area contributed by atoms with Gasteiger partial charge in [-0.25, -0.2) is 19.6 Å². The van der Waals surface area contributed by atoms with E-state index in [0.717, 1.165) is 34.8 Å². The molecule has 0 unspecified atom stereocenters. The highest BCUT2D eigenvalue weighted by Gasteiger charge is 2.25. The second-order valence-electron chi connectivity index (χ2n) is 10.7. The van der Waals surface area contributed by atoms with Crippen LogP contribution in [0, 0.1) is 3.70 Å². The van der Waals surface area contributed by atoms with Gasteiger partial charge < -0.3 is 9.47 Å². The second kappa shape index (κ2) is 14.8. The van der Waals surface area contributed by atoms with E-state index in [1.165, 1.54) is 32.5 Å². The molecule has 4 aromatic heterocycles. The Morgan fingerprint density at radius 3 is 1.76 bits per heavy atom. The zero-order chi connectivity index (χ0) is 30.4. The van der Waals surface area contributed by atoms with Gasteiger partial charge in [-0.1, -0.05) is 30.1 Å². The fourth-order valence-corrected chi connectivity index (χ4v) is 5.85. The Morgan fingerprint density at radius 1 is 0.786 bits per heavy atom. The highest BCUT2D eigenvalue weighted by Crippen LogP contribution is 2.35. The van der Waals surface area contributed by atoms with Crippen LogP contribution < -0.4 is 9.80 Å². The zero-order valence-corrected chi connectivity index (χ0v) is 28.0. The number of anilines is 2. The predicted molar refractivity (Wildman–Crippen MR) is 179 cm³/mol. The number of aromatic nitrogens is 4. The van der Waals surface area contributed by atoms with Crippen LogP contribution in [-0.4, -0.2) is 57.4 Å². The molecule has 0 saturated heterocycles. The molecule has 42 heavy (non-hydrogen) atoms. The number of rotatable bonds is 4. The van der Waals surface area contributed by atoms with Crippen LogP contribution in [0.5, 0.6) is 0 Å². The van der Waals surface area contributed by atoms with E-state index in [9.17, 15) is 9.59 Å². The zero-order valence-electron chi connectivity index (χ0n) is 24.2. The summed E-state index contributed by atoms with van der Waals surface area (Å²) in [5.41, 5.74) is 0.834. The number of pyridine rings is 2. The highest BCUT2D eigenvalue weighted by atomic mass is 127. The lowest BCUT2D eigenvalue weighted by Gasteiger charge is -2.23. The predicted octanol–water partition coefficient (Wildman–Crippen LogP) is 8.39. The SMILES string of the molecule is C.CN(C(=O)OC(C)(C)C)c1cnc(-c2cccnc2)s1.CN(C(=O)OC(C)(C)C)c1sc(-c2cccnc2)nc1I. The highest BCUT2D eigenvalue weighted by molar-refractivity contribution is 14.1. The molecular weight excluding hydrogens is 687 g/mol. The van der Waals surface area contributed by atoms with Crippen LogP contribution in [0.25, 0.3) is 21.1 Å². The van der Waals surface area contributed by atoms with E-state index in [4.69, 9.17) is 9.47 Å². The summed E-state index contributed by atoms with van der Waals surface area (Å²) in [6, 6.07) is 7.59. The third-order valence-corrected chi connectivity index (χ3v) is 8.27. The van der Waals surface area contributed by atoms with E-state index in [1.54, 1.807) is 45.1 Å². The quantitative estimate of drug-likeness (QED) is 0.193. The van der Waals surface area contributed by atoms with E-state index in [-0.39, 0.29) is 19.6 Å². The molecule has 0 aliphatic rings. The standard InChI is InChI=1S/C14H16IN3O2S.C14H17N3O2S.CH4/c1-14(2,3)20-13(19)18(4)12-10(15)17-11(21-12)9-6-5-7-16-8-9;1-14(2,3)19-13(18)17(4)11-9-16-12(20-11)10-6-5-7-15-8-10;/h5-8H,1-4H3;5-9H,1-4H3;1H4. The topological polar surface area (TPSA) is 111 Å². The first-order valence-electron chi connectivity index (χ1n) is 12.5. The lowest BCUT2D eigenvalue weighted by atomic mass is 10.2. The maximum Gasteiger partial charge on any atom is 0.415 e. The average Bonchev–Trinajstić information content (AvgIpc) is 3.55. The first-order valence-corrected chi connectivity index (χ1v) is 15.2. The molecule has 0 atom stereocenters. The fraction of sp³-hybridized carbons (Fsp3) is 0.379. The Bertz CT molecular complexity index is 1450. The van der Waals surface area contributed by atoms with Gasteiger partial charge in [-0.2, -0.15) is 0 Å². The number of halogens is 1. The Hall–Kier alpha value is -3.17. The van der Waals surface area contributed by atoms with Gasteiger partial charge in [0, 0.05) is 50.0 Å². The van der Waals surface area contributed by atoms with Gasteiger partial charge in [0.05, 0.1) is 6.20 Å². The van der Waals surface area contributed by atoms with Gasteiger partial charge in [0.1, 0.15) is 34.9 Å². The van der Waals surface area contributed by atoms with Crippen molar-refractivity contribution in [2.45, 2.75) is 60.2 Å². The summed E-state index contributed by atoms with van der Waals surface area (Å²) in [7, 11) is 3.37. The normalized spacial score (nSPS) is 11.0. The minimum atomic E-state index is -0.520. The van der Waals surface area contributed by atoms with Crippen LogP contribution in [0.1, 0.15) is 49.0 Å². The first kappa shape index (κ1) is 35.0. The second-order valence-corrected chi connectivity index (χ2v) is 13.7. The van der Waals surface area contributed by atoms with Crippen molar-refractivity contribution in [3.8, 4) is 21.1 Å². The van der Waals surface area contributed by atoms with Crippen molar-refractivity contribution in [2.24, 2.45) is 0 Å². The van der Waals surface area contributed by atoms with Crippen LogP contribution in [0.15, 0.2) is 55.2 Å². The van der Waals surface area contributed by atoms with E-state index in [1.807, 2.05) is 65.8 Å². The minimum Gasteiger partial charge on any atom is -0.443 e. The first-order chi connectivity index (χ1) is 19.1. The Labute approximate surface area is 269 Å². The van der Waals surface area contributed by atoms with Crippen LogP contribution in [0.4, 0.5) is 19.6 Å². The summed E-state index contributed by atoms with van der Waals surface area (Å²) in [5, 5.41) is 3.16. The molecule has 4 aromatic rings.